The largest absolute Gasteiger partial charge is 0.489 e. The predicted molar refractivity (Wildman–Crippen MR) is 78.0 cm³/mol. The number of nitrogens with one attached hydrogen (secondary N) is 1. The first-order valence-electron chi connectivity index (χ1n) is 7.06. The lowest BCUT2D eigenvalue weighted by Crippen LogP contribution is -2.44. The number of piperidine rings is 1. The van der Waals surface area contributed by atoms with E-state index in [0.29, 0.717) is 24.5 Å². The molecule has 0 saturated carbocycles. The third kappa shape index (κ3) is 3.87. The molecule has 0 radical (unpaired) electrons. The van der Waals surface area contributed by atoms with Crippen LogP contribution in [0, 0.1) is 0 Å². The number of β-amino-alcohol motifs (C(OH)–C–C–N with tert-alkyl or cyclic N) is 1. The smallest absolute Gasteiger partial charge is 0.322 e. The fourth-order valence-corrected chi connectivity index (χ4v) is 2.26. The van der Waals surface area contributed by atoms with Crippen molar-refractivity contribution in [3.05, 3.63) is 24.3 Å². The molecule has 1 aromatic rings. The van der Waals surface area contributed by atoms with E-state index in [0.717, 1.165) is 12.8 Å². The quantitative estimate of drug-likeness (QED) is 0.893. The Hall–Kier alpha value is -1.75. The molecule has 1 atom stereocenters. The van der Waals surface area contributed by atoms with Crippen molar-refractivity contribution in [3.8, 4) is 5.75 Å². The molecule has 5 nitrogen and oxygen atoms in total. The molecule has 2 rings (SSSR count). The molecule has 1 aliphatic rings. The van der Waals surface area contributed by atoms with E-state index < -0.39 is 6.10 Å². The number of hydrogen-bond donors (Lipinski definition) is 2. The van der Waals surface area contributed by atoms with Crippen LogP contribution in [-0.4, -0.2) is 41.3 Å². The molecular formula is C15H22N2O3. The number of aliphatic hydroxyl groups is 1. The van der Waals surface area contributed by atoms with Crippen molar-refractivity contribution in [2.24, 2.45) is 0 Å². The molecule has 2 N–H and O–H groups in total. The van der Waals surface area contributed by atoms with Crippen molar-refractivity contribution in [1.82, 2.24) is 4.90 Å². The number of likely N-dealkylation sites (tertiary alicyclic amines) is 1. The fourth-order valence-electron chi connectivity index (χ4n) is 2.26. The summed E-state index contributed by atoms with van der Waals surface area (Å²) in [5.41, 5.74) is 0.659. The fraction of sp³-hybridized carbons (Fsp3) is 0.533. The Morgan fingerprint density at radius 1 is 1.45 bits per heavy atom. The lowest BCUT2D eigenvalue weighted by Gasteiger charge is -2.30. The van der Waals surface area contributed by atoms with E-state index in [1.54, 1.807) is 4.90 Å². The first kappa shape index (κ1) is 14.7. The molecule has 5 heteroatoms. The van der Waals surface area contributed by atoms with E-state index >= 15 is 0 Å². The molecule has 0 spiro atoms. The minimum absolute atomic E-state index is 0.0462. The summed E-state index contributed by atoms with van der Waals surface area (Å²) >= 11 is 0. The highest BCUT2D eigenvalue weighted by molar-refractivity contribution is 5.91. The molecule has 110 valence electrons. The van der Waals surface area contributed by atoms with Gasteiger partial charge >= 0.3 is 6.03 Å². The summed E-state index contributed by atoms with van der Waals surface area (Å²) in [5.74, 6) is 0.661. The minimum atomic E-state index is -0.420. The number of nitrogens with zero attached hydrogens (tertiary/aromatic N) is 1. The highest BCUT2D eigenvalue weighted by Gasteiger charge is 2.22. The summed E-state index contributed by atoms with van der Waals surface area (Å²) in [4.78, 5) is 13.8. The van der Waals surface area contributed by atoms with E-state index in [2.05, 4.69) is 5.32 Å². The summed E-state index contributed by atoms with van der Waals surface area (Å²) in [6.45, 7) is 4.95. The summed E-state index contributed by atoms with van der Waals surface area (Å²) in [6.07, 6.45) is 1.22. The van der Waals surface area contributed by atoms with E-state index in [9.17, 15) is 9.90 Å². The number of carbonyl (C=O) groups excluding carboxylic acids is 1. The van der Waals surface area contributed by atoms with Gasteiger partial charge in [0.05, 0.1) is 17.9 Å². The molecule has 1 aromatic carbocycles. The van der Waals surface area contributed by atoms with Gasteiger partial charge in [-0.25, -0.2) is 4.79 Å². The number of ether oxygens (including phenoxy) is 1. The van der Waals surface area contributed by atoms with Crippen LogP contribution in [0.5, 0.6) is 5.75 Å². The van der Waals surface area contributed by atoms with Crippen LogP contribution in [0.1, 0.15) is 26.7 Å². The summed E-state index contributed by atoms with van der Waals surface area (Å²) in [7, 11) is 0. The van der Waals surface area contributed by atoms with Crippen molar-refractivity contribution in [2.75, 3.05) is 18.4 Å². The van der Waals surface area contributed by atoms with Crippen LogP contribution in [0.3, 0.4) is 0 Å². The first-order valence-corrected chi connectivity index (χ1v) is 7.06. The number of aliphatic hydroxyl groups excluding tert-OH is 1. The molecule has 20 heavy (non-hydrogen) atoms. The predicted octanol–water partition coefficient (Wildman–Crippen LogP) is 2.46. The molecule has 1 fully saturated rings. The second kappa shape index (κ2) is 6.61. The van der Waals surface area contributed by atoms with Gasteiger partial charge in [0.15, 0.2) is 0 Å². The molecule has 1 aliphatic heterocycles. The van der Waals surface area contributed by atoms with E-state index in [1.807, 2.05) is 38.1 Å². The zero-order valence-electron chi connectivity index (χ0n) is 12.0. The van der Waals surface area contributed by atoms with Crippen LogP contribution in [-0.2, 0) is 0 Å². The number of hydrogen-bond acceptors (Lipinski definition) is 3. The third-order valence-electron chi connectivity index (χ3n) is 3.18. The van der Waals surface area contributed by atoms with Gasteiger partial charge in [-0.1, -0.05) is 12.1 Å². The number of para-hydroxylation sites is 2. The molecule has 1 unspecified atom stereocenters. The second-order valence-corrected chi connectivity index (χ2v) is 5.33. The highest BCUT2D eigenvalue weighted by atomic mass is 16.5. The van der Waals surface area contributed by atoms with Gasteiger partial charge in [0.2, 0.25) is 0 Å². The molecule has 1 heterocycles. The number of rotatable bonds is 3. The number of urea groups is 1. The molecule has 0 bridgehead atoms. The van der Waals surface area contributed by atoms with Crippen molar-refractivity contribution in [1.29, 1.82) is 0 Å². The summed E-state index contributed by atoms with van der Waals surface area (Å²) < 4.78 is 5.67. The third-order valence-corrected chi connectivity index (χ3v) is 3.18. The summed E-state index contributed by atoms with van der Waals surface area (Å²) in [6, 6.07) is 7.19. The Balaban J connectivity index is 2.03. The van der Waals surface area contributed by atoms with Gasteiger partial charge in [-0.15, -0.1) is 0 Å². The molecule has 2 amide bonds. The number of amides is 2. The van der Waals surface area contributed by atoms with Crippen molar-refractivity contribution in [2.45, 2.75) is 38.9 Å². The first-order chi connectivity index (χ1) is 9.56. The lowest BCUT2D eigenvalue weighted by molar-refractivity contribution is 0.0883. The Bertz CT molecular complexity index is 462. The molecule has 1 saturated heterocycles. The van der Waals surface area contributed by atoms with Crippen LogP contribution in [0.2, 0.25) is 0 Å². The van der Waals surface area contributed by atoms with Gasteiger partial charge in [0, 0.05) is 13.1 Å². The van der Waals surface area contributed by atoms with Crippen LogP contribution in [0.15, 0.2) is 24.3 Å². The normalized spacial score (nSPS) is 19.0. The molecule has 0 aliphatic carbocycles. The van der Waals surface area contributed by atoms with E-state index in [1.165, 1.54) is 0 Å². The lowest BCUT2D eigenvalue weighted by atomic mass is 10.1. The average molecular weight is 278 g/mol. The van der Waals surface area contributed by atoms with Crippen LogP contribution < -0.4 is 10.1 Å². The zero-order valence-corrected chi connectivity index (χ0v) is 12.0. The topological polar surface area (TPSA) is 61.8 Å². The van der Waals surface area contributed by atoms with Gasteiger partial charge < -0.3 is 20.1 Å². The Kier molecular flexibility index (Phi) is 4.84. The highest BCUT2D eigenvalue weighted by Crippen LogP contribution is 2.25. The SMILES string of the molecule is CC(C)Oc1ccccc1NC(=O)N1CCCC(O)C1. The molecular weight excluding hydrogens is 256 g/mol. The summed E-state index contributed by atoms with van der Waals surface area (Å²) in [5, 5.41) is 12.5. The second-order valence-electron chi connectivity index (χ2n) is 5.33. The Morgan fingerprint density at radius 3 is 2.90 bits per heavy atom. The maximum Gasteiger partial charge on any atom is 0.322 e. The average Bonchev–Trinajstić information content (AvgIpc) is 2.40. The van der Waals surface area contributed by atoms with E-state index in [4.69, 9.17) is 4.74 Å². The number of benzene rings is 1. The van der Waals surface area contributed by atoms with Gasteiger partial charge in [-0.3, -0.25) is 0 Å². The Morgan fingerprint density at radius 2 is 2.20 bits per heavy atom. The van der Waals surface area contributed by atoms with Crippen molar-refractivity contribution >= 4 is 11.7 Å². The maximum absolute atomic E-state index is 12.2. The van der Waals surface area contributed by atoms with E-state index in [-0.39, 0.29) is 12.1 Å². The zero-order chi connectivity index (χ0) is 14.5. The van der Waals surface area contributed by atoms with Gasteiger partial charge in [-0.2, -0.15) is 0 Å². The minimum Gasteiger partial charge on any atom is -0.489 e. The standard InChI is InChI=1S/C15H22N2O3/c1-11(2)20-14-8-4-3-7-13(14)16-15(19)17-9-5-6-12(18)10-17/h3-4,7-8,11-12,18H,5-6,9-10H2,1-2H3,(H,16,19). The monoisotopic (exact) mass is 278 g/mol. The van der Waals surface area contributed by atoms with Crippen LogP contribution in [0.25, 0.3) is 0 Å². The van der Waals surface area contributed by atoms with Crippen molar-refractivity contribution < 1.29 is 14.6 Å². The number of carbonyl (C=O) groups is 1. The van der Waals surface area contributed by atoms with Crippen LogP contribution in [0.4, 0.5) is 10.5 Å². The van der Waals surface area contributed by atoms with Gasteiger partial charge in [0.25, 0.3) is 0 Å². The van der Waals surface area contributed by atoms with Gasteiger partial charge in [-0.05, 0) is 38.8 Å². The Labute approximate surface area is 119 Å². The van der Waals surface area contributed by atoms with Crippen LogP contribution >= 0.6 is 0 Å². The molecule has 0 aromatic heterocycles. The number of anilines is 1. The van der Waals surface area contributed by atoms with Crippen molar-refractivity contribution in [3.63, 3.8) is 0 Å². The maximum atomic E-state index is 12.2. The van der Waals surface area contributed by atoms with Gasteiger partial charge in [0.1, 0.15) is 5.75 Å².